The van der Waals surface area contributed by atoms with E-state index in [1.54, 1.807) is 0 Å². The molecular formula is C13H16F2N2O. The summed E-state index contributed by atoms with van der Waals surface area (Å²) in [7, 11) is 1.97. The Morgan fingerprint density at radius 2 is 2.17 bits per heavy atom. The number of benzene rings is 1. The molecule has 1 aromatic rings. The van der Waals surface area contributed by atoms with Crippen molar-refractivity contribution in [2.75, 3.05) is 25.5 Å². The average Bonchev–Trinajstić information content (AvgIpc) is 2.34. The fourth-order valence-electron chi connectivity index (χ4n) is 2.20. The summed E-state index contributed by atoms with van der Waals surface area (Å²) in [6.07, 6.45) is 1.81. The fraction of sp³-hybridized carbons (Fsp3) is 0.462. The first-order valence-corrected chi connectivity index (χ1v) is 6.00. The zero-order valence-electron chi connectivity index (χ0n) is 10.2. The Morgan fingerprint density at radius 3 is 2.83 bits per heavy atom. The largest absolute Gasteiger partial charge is 0.326 e. The summed E-state index contributed by atoms with van der Waals surface area (Å²) >= 11 is 0. The molecule has 5 heteroatoms. The van der Waals surface area contributed by atoms with Crippen molar-refractivity contribution in [1.29, 1.82) is 0 Å². The van der Waals surface area contributed by atoms with Gasteiger partial charge in [0.2, 0.25) is 5.91 Å². The maximum Gasteiger partial charge on any atom is 0.228 e. The number of rotatable bonds is 2. The van der Waals surface area contributed by atoms with Gasteiger partial charge < -0.3 is 10.2 Å². The van der Waals surface area contributed by atoms with Gasteiger partial charge in [0.25, 0.3) is 0 Å². The first kappa shape index (κ1) is 13.0. The van der Waals surface area contributed by atoms with Crippen molar-refractivity contribution >= 4 is 11.6 Å². The molecule has 1 N–H and O–H groups in total. The van der Waals surface area contributed by atoms with Crippen LogP contribution in [0.5, 0.6) is 0 Å². The summed E-state index contributed by atoms with van der Waals surface area (Å²) in [6.45, 7) is 1.70. The lowest BCUT2D eigenvalue weighted by Gasteiger charge is -2.28. The van der Waals surface area contributed by atoms with Crippen LogP contribution in [0.25, 0.3) is 0 Å². The van der Waals surface area contributed by atoms with Crippen molar-refractivity contribution in [2.45, 2.75) is 12.8 Å². The summed E-state index contributed by atoms with van der Waals surface area (Å²) in [6, 6.07) is 3.38. The van der Waals surface area contributed by atoms with Crippen molar-refractivity contribution < 1.29 is 13.6 Å². The van der Waals surface area contributed by atoms with Crippen LogP contribution in [-0.2, 0) is 4.79 Å². The zero-order chi connectivity index (χ0) is 13.1. The lowest BCUT2D eigenvalue weighted by molar-refractivity contribution is -0.121. The molecule has 1 aromatic carbocycles. The van der Waals surface area contributed by atoms with Crippen LogP contribution < -0.4 is 5.32 Å². The highest BCUT2D eigenvalue weighted by Gasteiger charge is 2.24. The van der Waals surface area contributed by atoms with E-state index in [-0.39, 0.29) is 11.8 Å². The zero-order valence-corrected chi connectivity index (χ0v) is 10.2. The maximum atomic E-state index is 13.0. The summed E-state index contributed by atoms with van der Waals surface area (Å²) in [5, 5.41) is 2.63. The lowest BCUT2D eigenvalue weighted by Crippen LogP contribution is -2.38. The van der Waals surface area contributed by atoms with E-state index >= 15 is 0 Å². The number of nitrogens with one attached hydrogen (secondary N) is 1. The molecule has 1 saturated heterocycles. The topological polar surface area (TPSA) is 32.3 Å². The summed E-state index contributed by atoms with van der Waals surface area (Å²) in [5.74, 6) is -2.08. The van der Waals surface area contributed by atoms with Gasteiger partial charge in [-0.25, -0.2) is 8.78 Å². The molecule has 1 atom stereocenters. The molecule has 0 saturated carbocycles. The number of likely N-dealkylation sites (tertiary alicyclic amines) is 1. The van der Waals surface area contributed by atoms with E-state index in [1.165, 1.54) is 6.07 Å². The van der Waals surface area contributed by atoms with E-state index < -0.39 is 11.6 Å². The van der Waals surface area contributed by atoms with Crippen molar-refractivity contribution in [1.82, 2.24) is 4.90 Å². The highest BCUT2D eigenvalue weighted by Crippen LogP contribution is 2.19. The average molecular weight is 254 g/mol. The molecule has 1 aliphatic rings. The van der Waals surface area contributed by atoms with Gasteiger partial charge in [0.1, 0.15) is 0 Å². The normalized spacial score (nSPS) is 20.7. The van der Waals surface area contributed by atoms with E-state index in [0.29, 0.717) is 12.2 Å². The number of nitrogens with zero attached hydrogens (tertiary/aromatic N) is 1. The number of hydrogen-bond acceptors (Lipinski definition) is 2. The number of carbonyl (C=O) groups is 1. The highest BCUT2D eigenvalue weighted by atomic mass is 19.2. The Hall–Kier alpha value is -1.49. The fourth-order valence-corrected chi connectivity index (χ4v) is 2.20. The molecule has 98 valence electrons. The second kappa shape index (κ2) is 5.44. The van der Waals surface area contributed by atoms with Crippen LogP contribution in [-0.4, -0.2) is 30.9 Å². The third-order valence-electron chi connectivity index (χ3n) is 3.18. The molecule has 3 nitrogen and oxygen atoms in total. The molecule has 1 fully saturated rings. The summed E-state index contributed by atoms with van der Waals surface area (Å²) in [4.78, 5) is 14.1. The van der Waals surface area contributed by atoms with Crippen LogP contribution in [0.2, 0.25) is 0 Å². The van der Waals surface area contributed by atoms with Gasteiger partial charge >= 0.3 is 0 Å². The molecule has 2 rings (SSSR count). The first-order valence-electron chi connectivity index (χ1n) is 6.00. The number of hydrogen-bond donors (Lipinski definition) is 1. The number of halogens is 2. The van der Waals surface area contributed by atoms with Crippen LogP contribution >= 0.6 is 0 Å². The van der Waals surface area contributed by atoms with Gasteiger partial charge in [-0.05, 0) is 38.6 Å². The van der Waals surface area contributed by atoms with Gasteiger partial charge in [0, 0.05) is 18.3 Å². The monoisotopic (exact) mass is 254 g/mol. The number of anilines is 1. The maximum absolute atomic E-state index is 13.0. The molecule has 0 unspecified atom stereocenters. The molecule has 0 aliphatic carbocycles. The van der Waals surface area contributed by atoms with Crippen LogP contribution in [0.15, 0.2) is 18.2 Å². The molecule has 0 aromatic heterocycles. The minimum absolute atomic E-state index is 0.0862. The first-order chi connectivity index (χ1) is 8.56. The van der Waals surface area contributed by atoms with Crippen LogP contribution in [0, 0.1) is 17.6 Å². The Labute approximate surface area is 105 Å². The van der Waals surface area contributed by atoms with Gasteiger partial charge in [-0.1, -0.05) is 0 Å². The van der Waals surface area contributed by atoms with E-state index in [9.17, 15) is 13.6 Å². The Morgan fingerprint density at radius 1 is 1.39 bits per heavy atom. The Bertz CT molecular complexity index is 451. The van der Waals surface area contributed by atoms with Gasteiger partial charge in [-0.3, -0.25) is 4.79 Å². The predicted molar refractivity (Wildman–Crippen MR) is 65.2 cm³/mol. The Balaban J connectivity index is 2.00. The minimum atomic E-state index is -0.950. The highest BCUT2D eigenvalue weighted by molar-refractivity contribution is 5.92. The van der Waals surface area contributed by atoms with Crippen molar-refractivity contribution in [3.63, 3.8) is 0 Å². The molecule has 1 amide bonds. The van der Waals surface area contributed by atoms with Gasteiger partial charge in [-0.15, -0.1) is 0 Å². The van der Waals surface area contributed by atoms with Crippen LogP contribution in [0.3, 0.4) is 0 Å². The second-order valence-electron chi connectivity index (χ2n) is 4.72. The quantitative estimate of drug-likeness (QED) is 0.878. The van der Waals surface area contributed by atoms with E-state index in [4.69, 9.17) is 0 Å². The molecule has 0 bridgehead atoms. The van der Waals surface area contributed by atoms with Gasteiger partial charge in [0.15, 0.2) is 11.6 Å². The third kappa shape index (κ3) is 3.04. The van der Waals surface area contributed by atoms with Gasteiger partial charge in [0.05, 0.1) is 5.92 Å². The predicted octanol–water partition coefficient (Wildman–Crippen LogP) is 2.25. The molecular weight excluding hydrogens is 238 g/mol. The number of amides is 1. The minimum Gasteiger partial charge on any atom is -0.326 e. The van der Waals surface area contributed by atoms with Crippen LogP contribution in [0.1, 0.15) is 12.8 Å². The SMILES string of the molecule is CN1CCC[C@@H](C(=O)Nc2ccc(F)c(F)c2)C1. The van der Waals surface area contributed by atoms with E-state index in [0.717, 1.165) is 31.5 Å². The smallest absolute Gasteiger partial charge is 0.228 e. The number of piperidine rings is 1. The van der Waals surface area contributed by atoms with Crippen molar-refractivity contribution in [3.05, 3.63) is 29.8 Å². The molecule has 1 heterocycles. The van der Waals surface area contributed by atoms with Crippen LogP contribution in [0.4, 0.5) is 14.5 Å². The van der Waals surface area contributed by atoms with Gasteiger partial charge in [-0.2, -0.15) is 0 Å². The van der Waals surface area contributed by atoms with E-state index in [2.05, 4.69) is 10.2 Å². The summed E-state index contributed by atoms with van der Waals surface area (Å²) in [5.41, 5.74) is 0.298. The second-order valence-corrected chi connectivity index (χ2v) is 4.72. The van der Waals surface area contributed by atoms with Crippen molar-refractivity contribution in [2.24, 2.45) is 5.92 Å². The lowest BCUT2D eigenvalue weighted by atomic mass is 9.97. The molecule has 1 aliphatic heterocycles. The van der Waals surface area contributed by atoms with Crippen molar-refractivity contribution in [3.8, 4) is 0 Å². The van der Waals surface area contributed by atoms with E-state index in [1.807, 2.05) is 7.05 Å². The molecule has 18 heavy (non-hydrogen) atoms. The number of carbonyl (C=O) groups excluding carboxylic acids is 1. The molecule has 0 radical (unpaired) electrons. The Kier molecular flexibility index (Phi) is 3.91. The third-order valence-corrected chi connectivity index (χ3v) is 3.18. The standard InChI is InChI=1S/C13H16F2N2O/c1-17-6-2-3-9(8-17)13(18)16-10-4-5-11(14)12(15)7-10/h4-5,7,9H,2-3,6,8H2,1H3,(H,16,18)/t9-/m1/s1. The molecule has 0 spiro atoms. The summed E-state index contributed by atoms with van der Waals surface area (Å²) < 4.78 is 25.7.